The molecule has 4 atom stereocenters. The van der Waals surface area contributed by atoms with Crippen molar-refractivity contribution < 1.29 is 0 Å². The number of allylic oxidation sites excluding steroid dienone is 1. The van der Waals surface area contributed by atoms with Crippen LogP contribution in [0.5, 0.6) is 0 Å². The highest BCUT2D eigenvalue weighted by Gasteiger charge is 2.56. The molecule has 0 N–H and O–H groups in total. The SMILES string of the molecule is C=C1C2CCCC(C)(C)C3C1CCC23. The van der Waals surface area contributed by atoms with Crippen molar-refractivity contribution in [3.05, 3.63) is 12.2 Å². The standard InChI is InChI=1S/C14H22/c1-9-10-5-4-8-14(2,3)13-11(9)6-7-12(10)13/h10-13H,1,4-8H2,2-3H3. The molecule has 0 saturated heterocycles. The van der Waals surface area contributed by atoms with Gasteiger partial charge in [-0.25, -0.2) is 0 Å². The molecule has 3 aliphatic carbocycles. The van der Waals surface area contributed by atoms with Crippen LogP contribution in [0.1, 0.15) is 46.0 Å². The highest BCUT2D eigenvalue weighted by atomic mass is 14.6. The largest absolute Gasteiger partial charge is 0.0993 e. The van der Waals surface area contributed by atoms with Gasteiger partial charge in [0.25, 0.3) is 0 Å². The van der Waals surface area contributed by atoms with Gasteiger partial charge in [-0.3, -0.25) is 0 Å². The Kier molecular flexibility index (Phi) is 1.70. The lowest BCUT2D eigenvalue weighted by Crippen LogP contribution is -2.27. The highest BCUT2D eigenvalue weighted by molar-refractivity contribution is 5.23. The van der Waals surface area contributed by atoms with E-state index in [-0.39, 0.29) is 0 Å². The van der Waals surface area contributed by atoms with Crippen molar-refractivity contribution in [2.75, 3.05) is 0 Å². The second kappa shape index (κ2) is 2.65. The van der Waals surface area contributed by atoms with Crippen molar-refractivity contribution in [3.63, 3.8) is 0 Å². The summed E-state index contributed by atoms with van der Waals surface area (Å²) < 4.78 is 0. The lowest BCUT2D eigenvalue weighted by Gasteiger charge is -2.34. The normalized spacial score (nSPS) is 49.4. The minimum atomic E-state index is 0.597. The van der Waals surface area contributed by atoms with Crippen LogP contribution in [0.3, 0.4) is 0 Å². The molecule has 0 aromatic rings. The van der Waals surface area contributed by atoms with Gasteiger partial charge < -0.3 is 0 Å². The molecule has 3 fully saturated rings. The molecule has 0 nitrogen and oxygen atoms in total. The monoisotopic (exact) mass is 190 g/mol. The van der Waals surface area contributed by atoms with E-state index in [0.717, 1.165) is 23.7 Å². The van der Waals surface area contributed by atoms with Crippen LogP contribution in [0, 0.1) is 29.1 Å². The quantitative estimate of drug-likeness (QED) is 0.506. The number of hydrogen-bond donors (Lipinski definition) is 0. The molecule has 0 heterocycles. The summed E-state index contributed by atoms with van der Waals surface area (Å²) in [4.78, 5) is 0. The predicted molar refractivity (Wildman–Crippen MR) is 60.0 cm³/mol. The average Bonchev–Trinajstić information content (AvgIpc) is 2.60. The minimum absolute atomic E-state index is 0.597. The fourth-order valence-electron chi connectivity index (χ4n) is 4.91. The topological polar surface area (TPSA) is 0 Å². The molecule has 4 bridgehead atoms. The van der Waals surface area contributed by atoms with E-state index < -0.39 is 0 Å². The fraction of sp³-hybridized carbons (Fsp3) is 0.857. The molecule has 3 rings (SSSR count). The Morgan fingerprint density at radius 2 is 1.93 bits per heavy atom. The summed E-state index contributed by atoms with van der Waals surface area (Å²) in [5, 5.41) is 0. The van der Waals surface area contributed by atoms with Crippen LogP contribution in [-0.2, 0) is 0 Å². The van der Waals surface area contributed by atoms with Gasteiger partial charge in [0, 0.05) is 0 Å². The van der Waals surface area contributed by atoms with E-state index in [9.17, 15) is 0 Å². The second-order valence-corrected chi connectivity index (χ2v) is 6.44. The van der Waals surface area contributed by atoms with E-state index in [2.05, 4.69) is 20.4 Å². The van der Waals surface area contributed by atoms with Crippen molar-refractivity contribution in [3.8, 4) is 0 Å². The maximum absolute atomic E-state index is 4.39. The van der Waals surface area contributed by atoms with Gasteiger partial charge in [0.15, 0.2) is 0 Å². The van der Waals surface area contributed by atoms with Crippen molar-refractivity contribution in [1.29, 1.82) is 0 Å². The average molecular weight is 190 g/mol. The summed E-state index contributed by atoms with van der Waals surface area (Å²) in [6, 6.07) is 0. The zero-order chi connectivity index (χ0) is 9.92. The summed E-state index contributed by atoms with van der Waals surface area (Å²) in [6.45, 7) is 9.39. The van der Waals surface area contributed by atoms with E-state index in [0.29, 0.717) is 5.41 Å². The number of rotatable bonds is 0. The van der Waals surface area contributed by atoms with E-state index >= 15 is 0 Å². The van der Waals surface area contributed by atoms with Gasteiger partial charge in [-0.05, 0) is 54.8 Å². The molecule has 0 radical (unpaired) electrons. The highest BCUT2D eigenvalue weighted by Crippen LogP contribution is 2.64. The molecule has 3 aliphatic rings. The van der Waals surface area contributed by atoms with Crippen LogP contribution >= 0.6 is 0 Å². The number of hydrogen-bond acceptors (Lipinski definition) is 0. The van der Waals surface area contributed by atoms with E-state index in [1.165, 1.54) is 32.1 Å². The van der Waals surface area contributed by atoms with E-state index in [1.54, 1.807) is 5.57 Å². The lowest BCUT2D eigenvalue weighted by atomic mass is 9.71. The first-order chi connectivity index (χ1) is 6.61. The summed E-state index contributed by atoms with van der Waals surface area (Å²) in [7, 11) is 0. The van der Waals surface area contributed by atoms with Gasteiger partial charge in [-0.2, -0.15) is 0 Å². The summed E-state index contributed by atoms with van der Waals surface area (Å²) in [5.41, 5.74) is 2.24. The van der Waals surface area contributed by atoms with Crippen LogP contribution in [0.2, 0.25) is 0 Å². The molecule has 14 heavy (non-hydrogen) atoms. The Bertz CT molecular complexity index is 274. The predicted octanol–water partition coefficient (Wildman–Crippen LogP) is 4.02. The molecule has 4 unspecified atom stereocenters. The first-order valence-corrected chi connectivity index (χ1v) is 6.30. The van der Waals surface area contributed by atoms with E-state index in [4.69, 9.17) is 0 Å². The van der Waals surface area contributed by atoms with Crippen molar-refractivity contribution in [2.24, 2.45) is 29.1 Å². The van der Waals surface area contributed by atoms with Crippen LogP contribution in [0.25, 0.3) is 0 Å². The fourth-order valence-corrected chi connectivity index (χ4v) is 4.91. The maximum atomic E-state index is 4.39. The molecule has 3 saturated carbocycles. The lowest BCUT2D eigenvalue weighted by molar-refractivity contribution is 0.155. The van der Waals surface area contributed by atoms with Crippen LogP contribution in [0.15, 0.2) is 12.2 Å². The third kappa shape index (κ3) is 0.951. The van der Waals surface area contributed by atoms with E-state index in [1.807, 2.05) is 0 Å². The first kappa shape index (κ1) is 9.00. The molecule has 0 amide bonds. The van der Waals surface area contributed by atoms with Crippen LogP contribution in [0.4, 0.5) is 0 Å². The molecular weight excluding hydrogens is 168 g/mol. The summed E-state index contributed by atoms with van der Waals surface area (Å²) in [6.07, 6.45) is 7.29. The zero-order valence-electron chi connectivity index (χ0n) is 9.55. The second-order valence-electron chi connectivity index (χ2n) is 6.44. The molecule has 0 aliphatic heterocycles. The van der Waals surface area contributed by atoms with Crippen molar-refractivity contribution in [1.82, 2.24) is 0 Å². The Balaban J connectivity index is 2.03. The van der Waals surface area contributed by atoms with Gasteiger partial charge in [-0.1, -0.05) is 32.4 Å². The van der Waals surface area contributed by atoms with Gasteiger partial charge in [0.1, 0.15) is 0 Å². The van der Waals surface area contributed by atoms with Gasteiger partial charge in [-0.15, -0.1) is 0 Å². The van der Waals surface area contributed by atoms with Crippen molar-refractivity contribution >= 4 is 0 Å². The Hall–Kier alpha value is -0.260. The Labute approximate surface area is 87.8 Å². The zero-order valence-corrected chi connectivity index (χ0v) is 9.55. The first-order valence-electron chi connectivity index (χ1n) is 6.30. The molecule has 0 spiro atoms. The maximum Gasteiger partial charge on any atom is -0.0167 e. The summed E-state index contributed by atoms with van der Waals surface area (Å²) in [5.74, 6) is 3.83. The molecular formula is C14H22. The smallest absolute Gasteiger partial charge is 0.0167 e. The Morgan fingerprint density at radius 3 is 2.71 bits per heavy atom. The molecule has 0 aromatic carbocycles. The van der Waals surface area contributed by atoms with Gasteiger partial charge >= 0.3 is 0 Å². The minimum Gasteiger partial charge on any atom is -0.0993 e. The van der Waals surface area contributed by atoms with Gasteiger partial charge in [0.2, 0.25) is 0 Å². The van der Waals surface area contributed by atoms with Crippen molar-refractivity contribution in [2.45, 2.75) is 46.0 Å². The van der Waals surface area contributed by atoms with Gasteiger partial charge in [0.05, 0.1) is 0 Å². The third-order valence-corrected chi connectivity index (χ3v) is 5.41. The summed E-state index contributed by atoms with van der Waals surface area (Å²) >= 11 is 0. The van der Waals surface area contributed by atoms with Crippen LogP contribution < -0.4 is 0 Å². The Morgan fingerprint density at radius 1 is 1.14 bits per heavy atom. The van der Waals surface area contributed by atoms with Crippen LogP contribution in [-0.4, -0.2) is 0 Å². The third-order valence-electron chi connectivity index (χ3n) is 5.41. The molecule has 0 heteroatoms. The molecule has 0 aromatic heterocycles. The molecule has 78 valence electrons.